The van der Waals surface area contributed by atoms with Crippen LogP contribution in [0.2, 0.25) is 0 Å². The summed E-state index contributed by atoms with van der Waals surface area (Å²) < 4.78 is 154. The van der Waals surface area contributed by atoms with Crippen LogP contribution in [0.15, 0.2) is 66.4 Å². The number of carbonyl (C=O) groups excluding carboxylic acids is 2. The summed E-state index contributed by atoms with van der Waals surface area (Å²) in [5.74, 6) is -3.37. The standard InChI is InChI=1S/C42H54N2O13S3.2O3S/c1-6-15-34(45)29-27-31(35(46)16-7-2)39-33(28-29)44(23-14-26-60(55,56)57)37(42(39,5)21-12-24-58(49,50)51)20-10-8-9-19-36-41(3,4)38-30(40(47)48)17-11-18-32(38)43(36)22-13-25-59(52,53)54;2*1-4(2)3/h8-11,17-20,27-28H,6-7,12-16,21-26H2,1-5H3,(H3-,47,48,49,50,51,52,53,54,55,56,57);;. The maximum atomic E-state index is 13.9. The van der Waals surface area contributed by atoms with Gasteiger partial charge in [0, 0.05) is 71.6 Å². The number of fused-ring (bicyclic) bond motifs is 2. The van der Waals surface area contributed by atoms with Crippen LogP contribution in [0.5, 0.6) is 0 Å². The van der Waals surface area contributed by atoms with Crippen LogP contribution in [0.25, 0.3) is 0 Å². The molecule has 376 valence electrons. The average Bonchev–Trinajstić information content (AvgIpc) is 3.54. The minimum Gasteiger partial charge on any atom is -0.748 e. The maximum Gasteiger partial charge on any atom is 0.425 e. The summed E-state index contributed by atoms with van der Waals surface area (Å²) in [6.07, 6.45) is 9.92. The molecule has 21 nitrogen and oxygen atoms in total. The monoisotopic (exact) mass is 1050 g/mol. The second kappa shape index (κ2) is 25.0. The van der Waals surface area contributed by atoms with Crippen molar-refractivity contribution in [1.82, 2.24) is 0 Å². The van der Waals surface area contributed by atoms with Crippen LogP contribution in [-0.4, -0.2) is 127 Å². The second-order valence-corrected chi connectivity index (χ2v) is 21.7. The van der Waals surface area contributed by atoms with Gasteiger partial charge in [0.15, 0.2) is 17.3 Å². The Kier molecular flexibility index (Phi) is 21.7. The Morgan fingerprint density at radius 3 is 1.84 bits per heavy atom. The molecule has 3 N–H and O–H groups in total. The maximum absolute atomic E-state index is 13.9. The summed E-state index contributed by atoms with van der Waals surface area (Å²) in [4.78, 5) is 41.3. The molecule has 26 heteroatoms. The lowest BCUT2D eigenvalue weighted by Gasteiger charge is -2.31. The number of Topliss-reactive ketones (excluding diaryl/α,β-unsaturated/α-hetero) is 2. The van der Waals surface area contributed by atoms with Crippen molar-refractivity contribution in [2.24, 2.45) is 0 Å². The van der Waals surface area contributed by atoms with Gasteiger partial charge in [0.05, 0.1) is 38.2 Å². The second-order valence-electron chi connectivity index (χ2n) is 16.3. The molecule has 4 rings (SSSR count). The number of hydrogen-bond donors (Lipinski definition) is 3. The number of carbonyl (C=O) groups is 3. The Balaban J connectivity index is 0.00000183. The third-order valence-corrected chi connectivity index (χ3v) is 13.3. The number of hydrogen-bond acceptors (Lipinski definition) is 17. The molecule has 0 aromatic heterocycles. The van der Waals surface area contributed by atoms with E-state index in [4.69, 9.17) is 25.3 Å². The third-order valence-electron chi connectivity index (χ3n) is 10.9. The van der Waals surface area contributed by atoms with Crippen LogP contribution in [0, 0.1) is 0 Å². The highest BCUT2D eigenvalue weighted by atomic mass is 32.2. The number of benzene rings is 2. The molecule has 1 atom stereocenters. The van der Waals surface area contributed by atoms with E-state index in [-0.39, 0.29) is 79.9 Å². The van der Waals surface area contributed by atoms with Crippen LogP contribution in [0.4, 0.5) is 11.4 Å². The van der Waals surface area contributed by atoms with E-state index in [9.17, 15) is 58.4 Å². The first-order valence-electron chi connectivity index (χ1n) is 20.8. The molecule has 68 heavy (non-hydrogen) atoms. The zero-order valence-electron chi connectivity index (χ0n) is 37.8. The molecule has 2 aliphatic heterocycles. The molecule has 0 saturated carbocycles. The zero-order valence-corrected chi connectivity index (χ0v) is 41.9. The van der Waals surface area contributed by atoms with Gasteiger partial charge in [-0.05, 0) is 82.7 Å². The Morgan fingerprint density at radius 1 is 0.750 bits per heavy atom. The van der Waals surface area contributed by atoms with Crippen LogP contribution in [-0.2, 0) is 62.4 Å². The first-order chi connectivity index (χ1) is 31.3. The van der Waals surface area contributed by atoms with Crippen molar-refractivity contribution in [3.8, 4) is 0 Å². The number of allylic oxidation sites excluding steroid dienone is 6. The van der Waals surface area contributed by atoms with Crippen LogP contribution < -0.4 is 4.90 Å². The van der Waals surface area contributed by atoms with Gasteiger partial charge in [0.2, 0.25) is 5.69 Å². The fourth-order valence-corrected chi connectivity index (χ4v) is 9.85. The lowest BCUT2D eigenvalue weighted by Crippen LogP contribution is -2.31. The van der Waals surface area contributed by atoms with Crippen molar-refractivity contribution in [1.29, 1.82) is 0 Å². The van der Waals surface area contributed by atoms with Gasteiger partial charge in [0.25, 0.3) is 20.2 Å². The largest absolute Gasteiger partial charge is 0.748 e. The van der Waals surface area contributed by atoms with Gasteiger partial charge in [-0.1, -0.05) is 38.1 Å². The molecule has 0 saturated heterocycles. The van der Waals surface area contributed by atoms with E-state index in [0.717, 1.165) is 0 Å². The topological polar surface area (TPSA) is 346 Å². The van der Waals surface area contributed by atoms with Crippen molar-refractivity contribution >= 4 is 86.2 Å². The van der Waals surface area contributed by atoms with Crippen LogP contribution in [0.3, 0.4) is 0 Å². The lowest BCUT2D eigenvalue weighted by atomic mass is 9.74. The van der Waals surface area contributed by atoms with Crippen LogP contribution >= 0.6 is 0 Å². The normalized spacial score (nSPS) is 17.1. The van der Waals surface area contributed by atoms with Gasteiger partial charge in [-0.15, -0.1) is 25.3 Å². The smallest absolute Gasteiger partial charge is 0.425 e. The molecular formula is C42H54N2O19S5. The van der Waals surface area contributed by atoms with E-state index in [1.807, 2.05) is 39.2 Å². The van der Waals surface area contributed by atoms with E-state index in [1.54, 1.807) is 59.5 Å². The van der Waals surface area contributed by atoms with Gasteiger partial charge in [-0.25, -0.2) is 13.2 Å². The summed E-state index contributed by atoms with van der Waals surface area (Å²) in [7, 11) is -19.5. The fraction of sp³-hybridized carbons (Fsp3) is 0.476. The number of ketones is 2. The minimum atomic E-state index is -4.62. The van der Waals surface area contributed by atoms with Crippen molar-refractivity contribution < 1.29 is 88.2 Å². The summed E-state index contributed by atoms with van der Waals surface area (Å²) in [5, 5.41) is 10.0. The first kappa shape index (κ1) is 59.0. The van der Waals surface area contributed by atoms with E-state index in [0.29, 0.717) is 46.8 Å². The van der Waals surface area contributed by atoms with Crippen LogP contribution in [0.1, 0.15) is 128 Å². The number of carboxylic acid groups (broad SMARTS) is 1. The number of carboxylic acids is 1. The first-order valence-corrected chi connectivity index (χ1v) is 27.6. The Hall–Kier alpha value is -5.09. The van der Waals surface area contributed by atoms with E-state index < -0.39 is 85.6 Å². The Bertz CT molecular complexity index is 2920. The summed E-state index contributed by atoms with van der Waals surface area (Å²) in [6, 6.07) is 8.04. The zero-order chi connectivity index (χ0) is 52.0. The van der Waals surface area contributed by atoms with Gasteiger partial charge < -0.3 is 14.6 Å². The summed E-state index contributed by atoms with van der Waals surface area (Å²) in [5.41, 5.74) is 1.87. The van der Waals surface area contributed by atoms with E-state index in [1.165, 1.54) is 6.07 Å². The summed E-state index contributed by atoms with van der Waals surface area (Å²) in [6.45, 7) is 9.31. The molecule has 2 heterocycles. The van der Waals surface area contributed by atoms with E-state index >= 15 is 0 Å². The van der Waals surface area contributed by atoms with E-state index in [2.05, 4.69) is 0 Å². The van der Waals surface area contributed by atoms with Gasteiger partial charge in [-0.2, -0.15) is 21.4 Å². The van der Waals surface area contributed by atoms with Crippen molar-refractivity contribution in [2.75, 3.05) is 35.2 Å². The highest BCUT2D eigenvalue weighted by Crippen LogP contribution is 2.53. The molecule has 2 aromatic carbocycles. The molecule has 2 aliphatic rings. The number of rotatable bonds is 22. The lowest BCUT2D eigenvalue weighted by molar-refractivity contribution is -0.437. The Labute approximate surface area is 398 Å². The number of aromatic carboxylic acids is 1. The molecular weight excluding hydrogens is 997 g/mol. The highest BCUT2D eigenvalue weighted by Gasteiger charge is 2.48. The molecule has 1 unspecified atom stereocenters. The van der Waals surface area contributed by atoms with Crippen molar-refractivity contribution in [3.05, 3.63) is 94.2 Å². The predicted molar refractivity (Wildman–Crippen MR) is 247 cm³/mol. The number of nitrogens with zero attached hydrogens (tertiary/aromatic N) is 2. The van der Waals surface area contributed by atoms with Gasteiger partial charge in [0.1, 0.15) is 6.54 Å². The highest BCUT2D eigenvalue weighted by molar-refractivity contribution is 7.86. The van der Waals surface area contributed by atoms with Crippen molar-refractivity contribution in [2.45, 2.75) is 96.8 Å². The quantitative estimate of drug-likeness (QED) is 0.0637. The average molecular weight is 1050 g/mol. The molecule has 0 aliphatic carbocycles. The SMILES string of the molecule is CCCC(=O)c1cc(C(=O)CCC)c2c(c1)N(CCCS(=O)(=O)[O-])C(=CC=CC=CC1=[N+](CCCS(=O)(=O)O)c3cccc(C(=O)O)c3C1(C)C)C2(C)CCCS(=O)(=O)O.O=S(=O)=O.O=S(=O)=O. The molecule has 0 fully saturated rings. The van der Waals surface area contributed by atoms with Crippen molar-refractivity contribution in [3.63, 3.8) is 0 Å². The number of anilines is 1. The van der Waals surface area contributed by atoms with Gasteiger partial charge in [-0.3, -0.25) is 18.7 Å². The summed E-state index contributed by atoms with van der Waals surface area (Å²) >= 11 is 0. The molecule has 2 aromatic rings. The minimum absolute atomic E-state index is 0.0144. The molecule has 0 bridgehead atoms. The molecule has 0 amide bonds. The third kappa shape index (κ3) is 17.1. The molecule has 0 spiro atoms. The predicted octanol–water partition coefficient (Wildman–Crippen LogP) is 4.37. The molecule has 0 radical (unpaired) electrons. The van der Waals surface area contributed by atoms with Gasteiger partial charge >= 0.3 is 27.2 Å². The Morgan fingerprint density at radius 2 is 1.31 bits per heavy atom. The fourth-order valence-electron chi connectivity index (χ4n) is 8.36.